The SMILES string of the molecule is CCOc1ccc(C(C)(C)C)cc1C(=O)O. The summed E-state index contributed by atoms with van der Waals surface area (Å²) in [6.07, 6.45) is 0. The first-order valence-corrected chi connectivity index (χ1v) is 5.37. The second-order valence-corrected chi connectivity index (χ2v) is 4.70. The highest BCUT2D eigenvalue weighted by atomic mass is 16.5. The molecule has 0 saturated carbocycles. The lowest BCUT2D eigenvalue weighted by molar-refractivity contribution is 0.0692. The van der Waals surface area contributed by atoms with Gasteiger partial charge in [-0.2, -0.15) is 0 Å². The number of hydrogen-bond donors (Lipinski definition) is 1. The van der Waals surface area contributed by atoms with Crippen LogP contribution in [0.3, 0.4) is 0 Å². The molecule has 0 aromatic heterocycles. The van der Waals surface area contributed by atoms with Gasteiger partial charge in [0.15, 0.2) is 0 Å². The molecule has 1 aromatic carbocycles. The highest BCUT2D eigenvalue weighted by Crippen LogP contribution is 2.28. The maximum absolute atomic E-state index is 11.1. The van der Waals surface area contributed by atoms with Gasteiger partial charge in [-0.25, -0.2) is 4.79 Å². The van der Waals surface area contributed by atoms with Gasteiger partial charge >= 0.3 is 5.97 Å². The minimum absolute atomic E-state index is 0.0606. The molecule has 0 heterocycles. The second-order valence-electron chi connectivity index (χ2n) is 4.70. The number of ether oxygens (including phenoxy) is 1. The van der Waals surface area contributed by atoms with Gasteiger partial charge < -0.3 is 9.84 Å². The van der Waals surface area contributed by atoms with Crippen molar-refractivity contribution in [2.75, 3.05) is 6.61 Å². The average molecular weight is 222 g/mol. The summed E-state index contributed by atoms with van der Waals surface area (Å²) in [5.41, 5.74) is 1.16. The number of aromatic carboxylic acids is 1. The van der Waals surface area contributed by atoms with Crippen molar-refractivity contribution in [3.63, 3.8) is 0 Å². The maximum atomic E-state index is 11.1. The van der Waals surface area contributed by atoms with E-state index in [-0.39, 0.29) is 11.0 Å². The van der Waals surface area contributed by atoms with Crippen molar-refractivity contribution in [1.29, 1.82) is 0 Å². The normalized spacial score (nSPS) is 11.2. The van der Waals surface area contributed by atoms with Crippen LogP contribution in [0, 0.1) is 0 Å². The van der Waals surface area contributed by atoms with E-state index in [9.17, 15) is 4.79 Å². The number of rotatable bonds is 3. The Morgan fingerprint density at radius 1 is 1.38 bits per heavy atom. The maximum Gasteiger partial charge on any atom is 0.339 e. The number of carboxylic acid groups (broad SMARTS) is 1. The van der Waals surface area contributed by atoms with Crippen LogP contribution in [0.4, 0.5) is 0 Å². The second kappa shape index (κ2) is 4.56. The van der Waals surface area contributed by atoms with E-state index in [2.05, 4.69) is 0 Å². The minimum atomic E-state index is -0.949. The fourth-order valence-corrected chi connectivity index (χ4v) is 1.44. The molecule has 1 aromatic rings. The topological polar surface area (TPSA) is 46.5 Å². The van der Waals surface area contributed by atoms with Crippen LogP contribution in [0.2, 0.25) is 0 Å². The Morgan fingerprint density at radius 2 is 2.00 bits per heavy atom. The number of carbonyl (C=O) groups is 1. The molecule has 0 fully saturated rings. The molecule has 16 heavy (non-hydrogen) atoms. The molecule has 0 amide bonds. The van der Waals surface area contributed by atoms with Crippen LogP contribution in [-0.2, 0) is 5.41 Å². The van der Waals surface area contributed by atoms with Crippen molar-refractivity contribution in [2.45, 2.75) is 33.1 Å². The van der Waals surface area contributed by atoms with Crippen LogP contribution in [0.5, 0.6) is 5.75 Å². The molecule has 0 aliphatic heterocycles. The van der Waals surface area contributed by atoms with E-state index in [1.165, 1.54) is 0 Å². The first kappa shape index (κ1) is 12.6. The van der Waals surface area contributed by atoms with Gasteiger partial charge in [0.25, 0.3) is 0 Å². The van der Waals surface area contributed by atoms with Crippen molar-refractivity contribution in [3.05, 3.63) is 29.3 Å². The van der Waals surface area contributed by atoms with E-state index in [1.807, 2.05) is 33.8 Å². The molecular weight excluding hydrogens is 204 g/mol. The van der Waals surface area contributed by atoms with Crippen molar-refractivity contribution < 1.29 is 14.6 Å². The van der Waals surface area contributed by atoms with Crippen molar-refractivity contribution in [1.82, 2.24) is 0 Å². The summed E-state index contributed by atoms with van der Waals surface area (Å²) >= 11 is 0. The zero-order valence-electron chi connectivity index (χ0n) is 10.2. The molecule has 0 aliphatic carbocycles. The zero-order chi connectivity index (χ0) is 12.3. The van der Waals surface area contributed by atoms with Gasteiger partial charge in [-0.15, -0.1) is 0 Å². The monoisotopic (exact) mass is 222 g/mol. The molecule has 3 nitrogen and oxygen atoms in total. The van der Waals surface area contributed by atoms with Crippen LogP contribution in [-0.4, -0.2) is 17.7 Å². The lowest BCUT2D eigenvalue weighted by Gasteiger charge is -2.20. The molecule has 88 valence electrons. The zero-order valence-corrected chi connectivity index (χ0v) is 10.2. The highest BCUT2D eigenvalue weighted by Gasteiger charge is 2.18. The molecule has 0 saturated heterocycles. The van der Waals surface area contributed by atoms with Crippen LogP contribution in [0.15, 0.2) is 18.2 Å². The molecule has 0 unspecified atom stereocenters. The molecule has 0 atom stereocenters. The van der Waals surface area contributed by atoms with Gasteiger partial charge in [0.1, 0.15) is 11.3 Å². The van der Waals surface area contributed by atoms with E-state index in [0.717, 1.165) is 5.56 Å². The molecule has 3 heteroatoms. The van der Waals surface area contributed by atoms with Crippen LogP contribution in [0.1, 0.15) is 43.6 Å². The summed E-state index contributed by atoms with van der Waals surface area (Å²) in [7, 11) is 0. The van der Waals surface area contributed by atoms with Gasteiger partial charge in [0, 0.05) is 0 Å². The number of carboxylic acids is 1. The van der Waals surface area contributed by atoms with Crippen LogP contribution >= 0.6 is 0 Å². The smallest absolute Gasteiger partial charge is 0.339 e. The lowest BCUT2D eigenvalue weighted by atomic mass is 9.86. The van der Waals surface area contributed by atoms with Crippen molar-refractivity contribution in [2.24, 2.45) is 0 Å². The van der Waals surface area contributed by atoms with Crippen LogP contribution in [0.25, 0.3) is 0 Å². The Bertz CT molecular complexity index is 389. The fourth-order valence-electron chi connectivity index (χ4n) is 1.44. The van der Waals surface area contributed by atoms with Gasteiger partial charge in [0.05, 0.1) is 6.61 Å². The molecule has 0 radical (unpaired) electrons. The van der Waals surface area contributed by atoms with Gasteiger partial charge in [-0.1, -0.05) is 26.8 Å². The third-order valence-corrected chi connectivity index (χ3v) is 2.38. The first-order chi connectivity index (χ1) is 7.36. The third-order valence-electron chi connectivity index (χ3n) is 2.38. The standard InChI is InChI=1S/C13H18O3/c1-5-16-11-7-6-9(13(2,3)4)8-10(11)12(14)15/h6-8H,5H2,1-4H3,(H,14,15). The van der Waals surface area contributed by atoms with Crippen molar-refractivity contribution in [3.8, 4) is 5.75 Å². The minimum Gasteiger partial charge on any atom is -0.493 e. The Balaban J connectivity index is 3.23. The van der Waals surface area contributed by atoms with E-state index in [1.54, 1.807) is 12.1 Å². The summed E-state index contributed by atoms with van der Waals surface area (Å²) < 4.78 is 5.29. The molecule has 1 N–H and O–H groups in total. The lowest BCUT2D eigenvalue weighted by Crippen LogP contribution is -2.13. The first-order valence-electron chi connectivity index (χ1n) is 5.37. The Hall–Kier alpha value is -1.51. The fraction of sp³-hybridized carbons (Fsp3) is 0.462. The molecule has 1 rings (SSSR count). The summed E-state index contributed by atoms with van der Waals surface area (Å²) in [5, 5.41) is 9.10. The Kier molecular flexibility index (Phi) is 3.58. The van der Waals surface area contributed by atoms with Gasteiger partial charge in [-0.3, -0.25) is 0 Å². The summed E-state index contributed by atoms with van der Waals surface area (Å²) in [5.74, 6) is -0.516. The Morgan fingerprint density at radius 3 is 2.44 bits per heavy atom. The van der Waals surface area contributed by atoms with Gasteiger partial charge in [-0.05, 0) is 30.0 Å². The average Bonchev–Trinajstić information content (AvgIpc) is 2.16. The van der Waals surface area contributed by atoms with E-state index < -0.39 is 5.97 Å². The summed E-state index contributed by atoms with van der Waals surface area (Å²) in [4.78, 5) is 11.1. The van der Waals surface area contributed by atoms with Crippen molar-refractivity contribution >= 4 is 5.97 Å². The van der Waals surface area contributed by atoms with Crippen LogP contribution < -0.4 is 4.74 Å². The molecular formula is C13H18O3. The quantitative estimate of drug-likeness (QED) is 0.854. The van der Waals surface area contributed by atoms with E-state index in [4.69, 9.17) is 9.84 Å². The third kappa shape index (κ3) is 2.75. The molecule has 0 aliphatic rings. The predicted octanol–water partition coefficient (Wildman–Crippen LogP) is 3.08. The molecule has 0 spiro atoms. The number of benzene rings is 1. The highest BCUT2D eigenvalue weighted by molar-refractivity contribution is 5.91. The molecule has 0 bridgehead atoms. The summed E-state index contributed by atoms with van der Waals surface area (Å²) in [6.45, 7) is 8.45. The number of hydrogen-bond acceptors (Lipinski definition) is 2. The predicted molar refractivity (Wildman–Crippen MR) is 63.3 cm³/mol. The van der Waals surface area contributed by atoms with E-state index in [0.29, 0.717) is 12.4 Å². The summed E-state index contributed by atoms with van der Waals surface area (Å²) in [6, 6.07) is 5.33. The largest absolute Gasteiger partial charge is 0.493 e. The van der Waals surface area contributed by atoms with E-state index >= 15 is 0 Å². The van der Waals surface area contributed by atoms with Gasteiger partial charge in [0.2, 0.25) is 0 Å². The Labute approximate surface area is 96.1 Å².